The third-order valence-corrected chi connectivity index (χ3v) is 6.89. The van der Waals surface area contributed by atoms with Crippen molar-refractivity contribution < 1.29 is 0 Å². The number of hydrogen-bond donors (Lipinski definition) is 0. The van der Waals surface area contributed by atoms with E-state index in [1.807, 2.05) is 18.4 Å². The van der Waals surface area contributed by atoms with Crippen LogP contribution in [0.4, 0.5) is 0 Å². The number of fused-ring (bicyclic) bond motifs is 3. The first-order valence-corrected chi connectivity index (χ1v) is 8.92. The van der Waals surface area contributed by atoms with Crippen molar-refractivity contribution in [1.29, 1.82) is 0 Å². The molecule has 0 saturated heterocycles. The number of aliphatic imine (C=N–C) groups is 1. The van der Waals surface area contributed by atoms with E-state index < -0.39 is 0 Å². The van der Waals surface area contributed by atoms with Gasteiger partial charge in [0.25, 0.3) is 0 Å². The van der Waals surface area contributed by atoms with Crippen molar-refractivity contribution in [2.24, 2.45) is 16.3 Å². The molecule has 2 saturated carbocycles. The molecule has 2 aromatic rings. The van der Waals surface area contributed by atoms with Crippen LogP contribution in [-0.4, -0.2) is 12.8 Å². The summed E-state index contributed by atoms with van der Waals surface area (Å²) in [6, 6.07) is 6.87. The maximum Gasteiger partial charge on any atom is 0.0348 e. The lowest BCUT2D eigenvalue weighted by Crippen LogP contribution is -2.34. The number of rotatable bonds is 1. The van der Waals surface area contributed by atoms with Crippen LogP contribution in [0.3, 0.4) is 0 Å². The van der Waals surface area contributed by atoms with E-state index in [1.54, 1.807) is 0 Å². The van der Waals surface area contributed by atoms with Crippen molar-refractivity contribution in [2.75, 3.05) is 7.05 Å². The molecule has 0 aliphatic heterocycles. The smallest absolute Gasteiger partial charge is 0.0348 e. The summed E-state index contributed by atoms with van der Waals surface area (Å²) in [7, 11) is 2.00. The summed E-state index contributed by atoms with van der Waals surface area (Å²) < 4.78 is 1.43. The molecule has 1 nitrogen and oxygen atoms in total. The van der Waals surface area contributed by atoms with Crippen LogP contribution in [-0.2, 0) is 0 Å². The van der Waals surface area contributed by atoms with Gasteiger partial charge in [0.1, 0.15) is 0 Å². The predicted octanol–water partition coefficient (Wildman–Crippen LogP) is 5.57. The lowest BCUT2D eigenvalue weighted by Gasteiger charge is -2.40. The standard InChI is InChI=1S/C19H23NS/c1-12-11-21-16-6-4-5-14(17(12)16)18-15(20-3)9-13-7-8-19(18,2)10-13/h4-6,11,13,18H,7-10H2,1-3H3. The van der Waals surface area contributed by atoms with Crippen molar-refractivity contribution >= 4 is 27.1 Å². The van der Waals surface area contributed by atoms with Crippen LogP contribution in [0.25, 0.3) is 10.1 Å². The van der Waals surface area contributed by atoms with Gasteiger partial charge in [-0.1, -0.05) is 19.1 Å². The third kappa shape index (κ3) is 1.92. The van der Waals surface area contributed by atoms with E-state index in [2.05, 4.69) is 37.4 Å². The van der Waals surface area contributed by atoms with Crippen LogP contribution in [0.15, 0.2) is 28.6 Å². The zero-order valence-electron chi connectivity index (χ0n) is 13.1. The van der Waals surface area contributed by atoms with Crippen LogP contribution < -0.4 is 0 Å². The molecule has 2 bridgehead atoms. The molecule has 21 heavy (non-hydrogen) atoms. The molecule has 3 unspecified atom stereocenters. The summed E-state index contributed by atoms with van der Waals surface area (Å²) in [5, 5.41) is 3.81. The lowest BCUT2D eigenvalue weighted by molar-refractivity contribution is 0.278. The SMILES string of the molecule is CN=C1CC2CCC(C)(C2)C1c1cccc2scc(C)c12. The monoisotopic (exact) mass is 297 g/mol. The molecule has 2 aliphatic carbocycles. The van der Waals surface area contributed by atoms with Gasteiger partial charge in [-0.3, -0.25) is 4.99 Å². The highest BCUT2D eigenvalue weighted by atomic mass is 32.1. The molecule has 0 spiro atoms. The van der Waals surface area contributed by atoms with Gasteiger partial charge in [-0.15, -0.1) is 11.3 Å². The van der Waals surface area contributed by atoms with Crippen LogP contribution in [0.5, 0.6) is 0 Å². The second kappa shape index (κ2) is 4.67. The molecule has 2 fully saturated rings. The van der Waals surface area contributed by atoms with E-state index in [9.17, 15) is 0 Å². The van der Waals surface area contributed by atoms with Gasteiger partial charge in [-0.05, 0) is 71.9 Å². The lowest BCUT2D eigenvalue weighted by atomic mass is 9.64. The van der Waals surface area contributed by atoms with Gasteiger partial charge in [0.2, 0.25) is 0 Å². The molecule has 1 aromatic carbocycles. The van der Waals surface area contributed by atoms with Crippen molar-refractivity contribution in [2.45, 2.75) is 45.4 Å². The molecule has 1 aromatic heterocycles. The number of thiophene rings is 1. The van der Waals surface area contributed by atoms with Gasteiger partial charge in [0.15, 0.2) is 0 Å². The number of aryl methyl sites for hydroxylation is 1. The van der Waals surface area contributed by atoms with Crippen LogP contribution in [0.1, 0.15) is 49.7 Å². The van der Waals surface area contributed by atoms with Crippen LogP contribution >= 0.6 is 11.3 Å². The molecular formula is C19H23NS. The Hall–Kier alpha value is -1.15. The topological polar surface area (TPSA) is 12.4 Å². The van der Waals surface area contributed by atoms with E-state index in [0.29, 0.717) is 11.3 Å². The Kier molecular flexibility index (Phi) is 3.01. The Bertz CT molecular complexity index is 726. The molecule has 2 heteroatoms. The minimum absolute atomic E-state index is 0.417. The van der Waals surface area contributed by atoms with Gasteiger partial charge in [-0.25, -0.2) is 0 Å². The molecule has 4 rings (SSSR count). The van der Waals surface area contributed by atoms with Crippen molar-refractivity contribution in [3.8, 4) is 0 Å². The van der Waals surface area contributed by atoms with Crippen molar-refractivity contribution in [3.63, 3.8) is 0 Å². The van der Waals surface area contributed by atoms with E-state index in [0.717, 1.165) is 5.92 Å². The average Bonchev–Trinajstić information content (AvgIpc) is 3.00. The molecule has 110 valence electrons. The van der Waals surface area contributed by atoms with E-state index in [1.165, 1.54) is 52.6 Å². The van der Waals surface area contributed by atoms with Gasteiger partial charge >= 0.3 is 0 Å². The minimum atomic E-state index is 0.417. The molecule has 2 aliphatic rings. The number of hydrogen-bond acceptors (Lipinski definition) is 2. The van der Waals surface area contributed by atoms with E-state index >= 15 is 0 Å². The Morgan fingerprint density at radius 3 is 3.00 bits per heavy atom. The Labute approximate surface area is 131 Å². The van der Waals surface area contributed by atoms with Crippen molar-refractivity contribution in [1.82, 2.24) is 0 Å². The van der Waals surface area contributed by atoms with Gasteiger partial charge in [0.05, 0.1) is 0 Å². The fraction of sp³-hybridized carbons (Fsp3) is 0.526. The zero-order valence-corrected chi connectivity index (χ0v) is 14.0. The fourth-order valence-electron chi connectivity index (χ4n) is 4.94. The molecule has 0 N–H and O–H groups in total. The second-order valence-corrected chi connectivity index (χ2v) is 8.17. The minimum Gasteiger partial charge on any atom is -0.297 e. The highest BCUT2D eigenvalue weighted by Gasteiger charge is 2.49. The zero-order chi connectivity index (χ0) is 14.6. The first kappa shape index (κ1) is 13.5. The maximum absolute atomic E-state index is 4.73. The van der Waals surface area contributed by atoms with E-state index in [-0.39, 0.29) is 0 Å². The highest BCUT2D eigenvalue weighted by Crippen LogP contribution is 2.58. The molecule has 3 atom stereocenters. The summed E-state index contributed by atoms with van der Waals surface area (Å²) in [5.41, 5.74) is 4.84. The van der Waals surface area contributed by atoms with E-state index in [4.69, 9.17) is 4.99 Å². The first-order valence-electron chi connectivity index (χ1n) is 8.04. The second-order valence-electron chi connectivity index (χ2n) is 7.25. The number of nitrogens with zero attached hydrogens (tertiary/aromatic N) is 1. The summed E-state index contributed by atoms with van der Waals surface area (Å²) in [4.78, 5) is 4.73. The third-order valence-electron chi connectivity index (χ3n) is 5.82. The van der Waals surface area contributed by atoms with Crippen LogP contribution in [0.2, 0.25) is 0 Å². The van der Waals surface area contributed by atoms with Gasteiger partial charge in [0, 0.05) is 23.4 Å². The molecule has 0 amide bonds. The summed E-state index contributed by atoms with van der Waals surface area (Å²) in [5.74, 6) is 1.41. The highest BCUT2D eigenvalue weighted by molar-refractivity contribution is 7.17. The average molecular weight is 297 g/mol. The molecule has 0 radical (unpaired) electrons. The van der Waals surface area contributed by atoms with Gasteiger partial charge < -0.3 is 0 Å². The normalized spacial score (nSPS) is 34.0. The summed E-state index contributed by atoms with van der Waals surface area (Å²) in [6.45, 7) is 4.76. The molecule has 1 heterocycles. The van der Waals surface area contributed by atoms with Crippen molar-refractivity contribution in [3.05, 3.63) is 34.7 Å². The quantitative estimate of drug-likeness (QED) is 0.652. The Balaban J connectivity index is 1.95. The number of benzene rings is 1. The summed E-state index contributed by atoms with van der Waals surface area (Å²) >= 11 is 1.88. The Morgan fingerprint density at radius 2 is 2.19 bits per heavy atom. The Morgan fingerprint density at radius 1 is 1.33 bits per heavy atom. The first-order chi connectivity index (χ1) is 10.1. The maximum atomic E-state index is 4.73. The summed E-state index contributed by atoms with van der Waals surface area (Å²) in [6.07, 6.45) is 5.36. The van der Waals surface area contributed by atoms with Gasteiger partial charge in [-0.2, -0.15) is 0 Å². The predicted molar refractivity (Wildman–Crippen MR) is 92.7 cm³/mol. The van der Waals surface area contributed by atoms with Crippen LogP contribution in [0, 0.1) is 18.3 Å². The fourth-order valence-corrected chi connectivity index (χ4v) is 5.92. The molecular weight excluding hydrogens is 274 g/mol. The largest absolute Gasteiger partial charge is 0.297 e.